The number of anilines is 1. The molecule has 0 unspecified atom stereocenters. The standard InChI is InChI=1S/C22H20Cl2N2O3/c1-2-11-29-20-9-8-17(23)12-19(20)25-22(28)16-7-10-21(27)26(14-16)13-15-5-3-4-6-18(15)24/h3-10,12,14H,2,11,13H2,1H3,(H,25,28). The lowest BCUT2D eigenvalue weighted by Gasteiger charge is -2.13. The molecule has 0 radical (unpaired) electrons. The number of rotatable bonds is 7. The lowest BCUT2D eigenvalue weighted by Crippen LogP contribution is -2.22. The van der Waals surface area contributed by atoms with Gasteiger partial charge in [0.2, 0.25) is 0 Å². The first kappa shape index (κ1) is 21.0. The van der Waals surface area contributed by atoms with Gasteiger partial charge in [-0.25, -0.2) is 0 Å². The number of amides is 1. The van der Waals surface area contributed by atoms with Crippen molar-refractivity contribution in [1.29, 1.82) is 0 Å². The Morgan fingerprint density at radius 3 is 2.66 bits per heavy atom. The van der Waals surface area contributed by atoms with Crippen molar-refractivity contribution in [3.63, 3.8) is 0 Å². The van der Waals surface area contributed by atoms with Crippen LogP contribution in [0.2, 0.25) is 10.0 Å². The maximum absolute atomic E-state index is 12.8. The minimum Gasteiger partial charge on any atom is -0.491 e. The number of ether oxygens (including phenoxy) is 1. The molecular formula is C22H20Cl2N2O3. The van der Waals surface area contributed by atoms with Crippen LogP contribution in [0.1, 0.15) is 29.3 Å². The number of pyridine rings is 1. The van der Waals surface area contributed by atoms with Gasteiger partial charge in [0.05, 0.1) is 24.4 Å². The quantitative estimate of drug-likeness (QED) is 0.556. The number of aromatic nitrogens is 1. The molecule has 0 aliphatic rings. The summed E-state index contributed by atoms with van der Waals surface area (Å²) in [6, 6.07) is 15.2. The van der Waals surface area contributed by atoms with E-state index in [0.29, 0.717) is 33.7 Å². The fourth-order valence-electron chi connectivity index (χ4n) is 2.73. The van der Waals surface area contributed by atoms with Crippen LogP contribution >= 0.6 is 23.2 Å². The van der Waals surface area contributed by atoms with E-state index in [-0.39, 0.29) is 18.0 Å². The minimum atomic E-state index is -0.374. The van der Waals surface area contributed by atoms with Crippen LogP contribution in [0.25, 0.3) is 0 Å². The molecule has 1 heterocycles. The monoisotopic (exact) mass is 430 g/mol. The average Bonchev–Trinajstić information content (AvgIpc) is 2.70. The van der Waals surface area contributed by atoms with Crippen LogP contribution in [0.5, 0.6) is 5.75 Å². The summed E-state index contributed by atoms with van der Waals surface area (Å²) in [5.41, 5.74) is 1.37. The molecule has 3 rings (SSSR count). The zero-order chi connectivity index (χ0) is 20.8. The summed E-state index contributed by atoms with van der Waals surface area (Å²) in [4.78, 5) is 25.0. The molecule has 0 saturated heterocycles. The third-order valence-electron chi connectivity index (χ3n) is 4.20. The topological polar surface area (TPSA) is 60.3 Å². The Balaban J connectivity index is 1.84. The van der Waals surface area contributed by atoms with Crippen molar-refractivity contribution >= 4 is 34.8 Å². The van der Waals surface area contributed by atoms with Crippen molar-refractivity contribution in [3.8, 4) is 5.75 Å². The first-order valence-electron chi connectivity index (χ1n) is 9.15. The molecule has 0 atom stereocenters. The maximum Gasteiger partial charge on any atom is 0.257 e. The number of nitrogens with one attached hydrogen (secondary N) is 1. The first-order chi connectivity index (χ1) is 14.0. The third kappa shape index (κ3) is 5.40. The number of halogens is 2. The van der Waals surface area contributed by atoms with Crippen molar-refractivity contribution in [2.75, 3.05) is 11.9 Å². The van der Waals surface area contributed by atoms with Gasteiger partial charge in [-0.05, 0) is 42.3 Å². The molecule has 5 nitrogen and oxygen atoms in total. The van der Waals surface area contributed by atoms with E-state index in [0.717, 1.165) is 12.0 Å². The van der Waals surface area contributed by atoms with E-state index in [1.54, 1.807) is 24.3 Å². The fourth-order valence-corrected chi connectivity index (χ4v) is 3.10. The average molecular weight is 431 g/mol. The molecule has 150 valence electrons. The molecule has 7 heteroatoms. The second-order valence-electron chi connectivity index (χ2n) is 6.42. The number of carbonyl (C=O) groups is 1. The van der Waals surface area contributed by atoms with Crippen LogP contribution in [-0.4, -0.2) is 17.1 Å². The molecule has 0 bridgehead atoms. The Morgan fingerprint density at radius 2 is 1.90 bits per heavy atom. The Bertz CT molecular complexity index is 1080. The number of benzene rings is 2. The fraction of sp³-hybridized carbons (Fsp3) is 0.182. The maximum atomic E-state index is 12.8. The molecule has 0 fully saturated rings. The Labute approximate surface area is 178 Å². The Morgan fingerprint density at radius 1 is 1.10 bits per heavy atom. The van der Waals surface area contributed by atoms with Gasteiger partial charge in [0, 0.05) is 22.3 Å². The molecule has 0 spiro atoms. The molecule has 0 saturated carbocycles. The predicted octanol–water partition coefficient (Wildman–Crippen LogP) is 5.24. The van der Waals surface area contributed by atoms with Gasteiger partial charge in [0.15, 0.2) is 0 Å². The summed E-state index contributed by atoms with van der Waals surface area (Å²) < 4.78 is 7.12. The first-order valence-corrected chi connectivity index (χ1v) is 9.91. The predicted molar refractivity (Wildman–Crippen MR) is 116 cm³/mol. The highest BCUT2D eigenvalue weighted by Crippen LogP contribution is 2.28. The van der Waals surface area contributed by atoms with Crippen LogP contribution in [0.3, 0.4) is 0 Å². The van der Waals surface area contributed by atoms with Gasteiger partial charge in [0.25, 0.3) is 11.5 Å². The van der Waals surface area contributed by atoms with E-state index in [1.165, 1.54) is 22.9 Å². The van der Waals surface area contributed by atoms with E-state index < -0.39 is 0 Å². The van der Waals surface area contributed by atoms with Crippen molar-refractivity contribution < 1.29 is 9.53 Å². The van der Waals surface area contributed by atoms with E-state index in [1.807, 2.05) is 25.1 Å². The number of hydrogen-bond acceptors (Lipinski definition) is 3. The van der Waals surface area contributed by atoms with Crippen LogP contribution in [0.4, 0.5) is 5.69 Å². The van der Waals surface area contributed by atoms with Gasteiger partial charge < -0.3 is 14.6 Å². The van der Waals surface area contributed by atoms with E-state index >= 15 is 0 Å². The van der Waals surface area contributed by atoms with Crippen LogP contribution < -0.4 is 15.6 Å². The van der Waals surface area contributed by atoms with Gasteiger partial charge >= 0.3 is 0 Å². The second kappa shape index (κ2) is 9.63. The van der Waals surface area contributed by atoms with Crippen LogP contribution in [0.15, 0.2) is 65.6 Å². The normalized spacial score (nSPS) is 10.6. The zero-order valence-electron chi connectivity index (χ0n) is 15.8. The highest BCUT2D eigenvalue weighted by molar-refractivity contribution is 6.31. The number of carbonyl (C=O) groups excluding carboxylic acids is 1. The summed E-state index contributed by atoms with van der Waals surface area (Å²) in [7, 11) is 0. The molecule has 3 aromatic rings. The Hall–Kier alpha value is -2.76. The summed E-state index contributed by atoms with van der Waals surface area (Å²) in [6.45, 7) is 2.78. The molecule has 0 aliphatic carbocycles. The van der Waals surface area contributed by atoms with Gasteiger partial charge in [-0.3, -0.25) is 9.59 Å². The third-order valence-corrected chi connectivity index (χ3v) is 4.80. The molecule has 29 heavy (non-hydrogen) atoms. The van der Waals surface area contributed by atoms with Gasteiger partial charge in [-0.2, -0.15) is 0 Å². The summed E-state index contributed by atoms with van der Waals surface area (Å²) in [5.74, 6) is 0.163. The van der Waals surface area contributed by atoms with Crippen molar-refractivity contribution in [2.24, 2.45) is 0 Å². The number of hydrogen-bond donors (Lipinski definition) is 1. The summed E-state index contributed by atoms with van der Waals surface area (Å²) >= 11 is 12.3. The Kier molecular flexibility index (Phi) is 6.96. The van der Waals surface area contributed by atoms with Crippen LogP contribution in [-0.2, 0) is 6.54 Å². The van der Waals surface area contributed by atoms with Gasteiger partial charge in [-0.1, -0.05) is 48.3 Å². The highest BCUT2D eigenvalue weighted by atomic mass is 35.5. The van der Waals surface area contributed by atoms with Gasteiger partial charge in [0.1, 0.15) is 5.75 Å². The summed E-state index contributed by atoms with van der Waals surface area (Å²) in [6.07, 6.45) is 2.35. The lowest BCUT2D eigenvalue weighted by atomic mass is 10.2. The van der Waals surface area contributed by atoms with Crippen molar-refractivity contribution in [1.82, 2.24) is 4.57 Å². The lowest BCUT2D eigenvalue weighted by molar-refractivity contribution is 0.102. The molecule has 1 amide bonds. The smallest absolute Gasteiger partial charge is 0.257 e. The second-order valence-corrected chi connectivity index (χ2v) is 7.26. The number of nitrogens with zero attached hydrogens (tertiary/aromatic N) is 1. The van der Waals surface area contributed by atoms with Crippen molar-refractivity contribution in [3.05, 3.63) is 92.3 Å². The molecule has 1 N–H and O–H groups in total. The highest BCUT2D eigenvalue weighted by Gasteiger charge is 2.13. The largest absolute Gasteiger partial charge is 0.491 e. The van der Waals surface area contributed by atoms with Crippen LogP contribution in [0, 0.1) is 0 Å². The van der Waals surface area contributed by atoms with Crippen molar-refractivity contribution in [2.45, 2.75) is 19.9 Å². The molecule has 2 aromatic carbocycles. The minimum absolute atomic E-state index is 0.226. The van der Waals surface area contributed by atoms with E-state index in [2.05, 4.69) is 5.32 Å². The van der Waals surface area contributed by atoms with E-state index in [9.17, 15) is 9.59 Å². The molecular weight excluding hydrogens is 411 g/mol. The SMILES string of the molecule is CCCOc1ccc(Cl)cc1NC(=O)c1ccc(=O)n(Cc2ccccc2Cl)c1. The van der Waals surface area contributed by atoms with Gasteiger partial charge in [-0.15, -0.1) is 0 Å². The molecule has 0 aliphatic heterocycles. The summed E-state index contributed by atoms with van der Waals surface area (Å²) in [5, 5.41) is 3.85. The molecule has 1 aromatic heterocycles. The zero-order valence-corrected chi connectivity index (χ0v) is 17.3. The van der Waals surface area contributed by atoms with E-state index in [4.69, 9.17) is 27.9 Å².